The topological polar surface area (TPSA) is 56.7 Å². The number of rotatable bonds is 1. The SMILES string of the molecule is Nn1nc(-c2ccncc2)c2ccccc21. The Labute approximate surface area is 92.3 Å². The number of nitrogens with zero attached hydrogens (tertiary/aromatic N) is 3. The van der Waals surface area contributed by atoms with E-state index in [-0.39, 0.29) is 0 Å². The van der Waals surface area contributed by atoms with Crippen LogP contribution in [0.2, 0.25) is 0 Å². The first-order valence-corrected chi connectivity index (χ1v) is 4.99. The molecule has 0 radical (unpaired) electrons. The zero-order valence-electron chi connectivity index (χ0n) is 8.54. The summed E-state index contributed by atoms with van der Waals surface area (Å²) in [6, 6.07) is 11.7. The molecule has 0 fully saturated rings. The number of aromatic nitrogens is 3. The van der Waals surface area contributed by atoms with Gasteiger partial charge in [-0.2, -0.15) is 9.89 Å². The fourth-order valence-corrected chi connectivity index (χ4v) is 1.81. The maximum absolute atomic E-state index is 5.80. The van der Waals surface area contributed by atoms with E-state index >= 15 is 0 Å². The molecule has 0 aliphatic rings. The Morgan fingerprint density at radius 3 is 2.56 bits per heavy atom. The van der Waals surface area contributed by atoms with E-state index in [0.29, 0.717) is 0 Å². The minimum atomic E-state index is 0.889. The van der Waals surface area contributed by atoms with E-state index in [1.807, 2.05) is 36.4 Å². The Kier molecular flexibility index (Phi) is 1.86. The van der Waals surface area contributed by atoms with Gasteiger partial charge in [-0.05, 0) is 18.2 Å². The van der Waals surface area contributed by atoms with Crippen molar-refractivity contribution in [3.8, 4) is 11.3 Å². The zero-order chi connectivity index (χ0) is 11.0. The number of nitrogen functional groups attached to an aromatic ring is 1. The first kappa shape index (κ1) is 8.91. The van der Waals surface area contributed by atoms with E-state index in [1.165, 1.54) is 4.79 Å². The lowest BCUT2D eigenvalue weighted by Crippen LogP contribution is -2.09. The van der Waals surface area contributed by atoms with E-state index in [1.54, 1.807) is 12.4 Å². The number of fused-ring (bicyclic) bond motifs is 1. The van der Waals surface area contributed by atoms with Crippen molar-refractivity contribution in [3.05, 3.63) is 48.8 Å². The predicted octanol–water partition coefficient (Wildman–Crippen LogP) is 1.81. The van der Waals surface area contributed by atoms with Crippen LogP contribution in [0.3, 0.4) is 0 Å². The van der Waals surface area contributed by atoms with Crippen molar-refractivity contribution in [2.75, 3.05) is 5.84 Å². The molecule has 2 aromatic heterocycles. The van der Waals surface area contributed by atoms with E-state index in [0.717, 1.165) is 22.2 Å². The van der Waals surface area contributed by atoms with Gasteiger partial charge in [0.25, 0.3) is 0 Å². The molecule has 4 heteroatoms. The van der Waals surface area contributed by atoms with E-state index in [4.69, 9.17) is 5.84 Å². The molecule has 2 N–H and O–H groups in total. The maximum atomic E-state index is 5.80. The molecule has 0 aliphatic heterocycles. The van der Waals surface area contributed by atoms with Crippen molar-refractivity contribution >= 4 is 10.9 Å². The van der Waals surface area contributed by atoms with Crippen LogP contribution in [0.15, 0.2) is 48.8 Å². The van der Waals surface area contributed by atoms with Crippen LogP contribution < -0.4 is 5.84 Å². The van der Waals surface area contributed by atoms with Crippen LogP contribution >= 0.6 is 0 Å². The molecule has 0 spiro atoms. The molecule has 3 rings (SSSR count). The molecule has 0 atom stereocenters. The van der Waals surface area contributed by atoms with Gasteiger partial charge in [0.2, 0.25) is 0 Å². The van der Waals surface area contributed by atoms with Crippen LogP contribution in [-0.4, -0.2) is 14.9 Å². The molecule has 0 saturated carbocycles. The number of hydrogen-bond donors (Lipinski definition) is 1. The van der Waals surface area contributed by atoms with Gasteiger partial charge in [0.15, 0.2) is 0 Å². The molecule has 0 amide bonds. The molecular formula is C12H10N4. The fraction of sp³-hybridized carbons (Fsp3) is 0. The van der Waals surface area contributed by atoms with Gasteiger partial charge in [-0.3, -0.25) is 4.98 Å². The average molecular weight is 210 g/mol. The Hall–Kier alpha value is -2.36. The van der Waals surface area contributed by atoms with Gasteiger partial charge in [0.05, 0.1) is 5.52 Å². The number of hydrogen-bond acceptors (Lipinski definition) is 3. The monoisotopic (exact) mass is 210 g/mol. The van der Waals surface area contributed by atoms with E-state index in [2.05, 4.69) is 10.1 Å². The van der Waals surface area contributed by atoms with Crippen molar-refractivity contribution in [1.82, 2.24) is 14.9 Å². The lowest BCUT2D eigenvalue weighted by atomic mass is 10.1. The van der Waals surface area contributed by atoms with Gasteiger partial charge in [0, 0.05) is 23.3 Å². The summed E-state index contributed by atoms with van der Waals surface area (Å²) in [4.78, 5) is 5.40. The van der Waals surface area contributed by atoms with Gasteiger partial charge in [-0.15, -0.1) is 0 Å². The second-order valence-corrected chi connectivity index (χ2v) is 3.55. The third kappa shape index (κ3) is 1.24. The largest absolute Gasteiger partial charge is 0.323 e. The lowest BCUT2D eigenvalue weighted by Gasteiger charge is -1.95. The molecule has 4 nitrogen and oxygen atoms in total. The van der Waals surface area contributed by atoms with Crippen LogP contribution in [0.4, 0.5) is 0 Å². The summed E-state index contributed by atoms with van der Waals surface area (Å²) >= 11 is 0. The number of para-hydroxylation sites is 1. The summed E-state index contributed by atoms with van der Waals surface area (Å²) in [5, 5.41) is 5.38. The first-order chi connectivity index (χ1) is 7.86. The number of nitrogens with two attached hydrogens (primary N) is 1. The van der Waals surface area contributed by atoms with E-state index in [9.17, 15) is 0 Å². The standard InChI is InChI=1S/C12H10N4/c13-16-11-4-2-1-3-10(11)12(15-16)9-5-7-14-8-6-9/h1-8H,13H2. The highest BCUT2D eigenvalue weighted by atomic mass is 15.5. The van der Waals surface area contributed by atoms with E-state index < -0.39 is 0 Å². The average Bonchev–Trinajstić information content (AvgIpc) is 2.69. The summed E-state index contributed by atoms with van der Waals surface area (Å²) in [5.74, 6) is 5.80. The normalized spacial score (nSPS) is 10.8. The van der Waals surface area contributed by atoms with Crippen LogP contribution in [0.1, 0.15) is 0 Å². The highest BCUT2D eigenvalue weighted by Gasteiger charge is 2.09. The second-order valence-electron chi connectivity index (χ2n) is 3.55. The molecule has 0 unspecified atom stereocenters. The molecule has 3 aromatic rings. The Bertz CT molecular complexity index is 628. The molecule has 78 valence electrons. The molecule has 0 bridgehead atoms. The molecule has 2 heterocycles. The van der Waals surface area contributed by atoms with Crippen LogP contribution in [0.25, 0.3) is 22.2 Å². The second kappa shape index (κ2) is 3.34. The first-order valence-electron chi connectivity index (χ1n) is 4.99. The highest BCUT2D eigenvalue weighted by molar-refractivity contribution is 5.93. The van der Waals surface area contributed by atoms with Crippen LogP contribution in [-0.2, 0) is 0 Å². The minimum absolute atomic E-state index is 0.889. The molecule has 0 aliphatic carbocycles. The van der Waals surface area contributed by atoms with Gasteiger partial charge in [0.1, 0.15) is 5.69 Å². The predicted molar refractivity (Wildman–Crippen MR) is 63.1 cm³/mol. The van der Waals surface area contributed by atoms with Crippen molar-refractivity contribution in [2.24, 2.45) is 0 Å². The maximum Gasteiger partial charge on any atom is 0.102 e. The Balaban J connectivity index is 2.33. The quantitative estimate of drug-likeness (QED) is 0.623. The Morgan fingerprint density at radius 2 is 1.75 bits per heavy atom. The lowest BCUT2D eigenvalue weighted by molar-refractivity contribution is 0.866. The minimum Gasteiger partial charge on any atom is -0.323 e. The zero-order valence-corrected chi connectivity index (χ0v) is 8.54. The van der Waals surface area contributed by atoms with Crippen LogP contribution in [0, 0.1) is 0 Å². The van der Waals surface area contributed by atoms with Crippen LogP contribution in [0.5, 0.6) is 0 Å². The van der Waals surface area contributed by atoms with Crippen molar-refractivity contribution < 1.29 is 0 Å². The fourth-order valence-electron chi connectivity index (χ4n) is 1.81. The summed E-state index contributed by atoms with van der Waals surface area (Å²) in [5.41, 5.74) is 2.84. The van der Waals surface area contributed by atoms with Crippen molar-refractivity contribution in [3.63, 3.8) is 0 Å². The van der Waals surface area contributed by atoms with Crippen molar-refractivity contribution in [2.45, 2.75) is 0 Å². The molecule has 16 heavy (non-hydrogen) atoms. The van der Waals surface area contributed by atoms with Gasteiger partial charge in [-0.25, -0.2) is 0 Å². The smallest absolute Gasteiger partial charge is 0.102 e. The van der Waals surface area contributed by atoms with Gasteiger partial charge in [-0.1, -0.05) is 18.2 Å². The third-order valence-corrected chi connectivity index (χ3v) is 2.57. The number of benzene rings is 1. The summed E-state index contributed by atoms with van der Waals surface area (Å²) in [6.07, 6.45) is 3.50. The van der Waals surface area contributed by atoms with Crippen molar-refractivity contribution in [1.29, 1.82) is 0 Å². The summed E-state index contributed by atoms with van der Waals surface area (Å²) in [6.45, 7) is 0. The third-order valence-electron chi connectivity index (χ3n) is 2.57. The molecular weight excluding hydrogens is 200 g/mol. The van der Waals surface area contributed by atoms with Gasteiger partial charge >= 0.3 is 0 Å². The summed E-state index contributed by atoms with van der Waals surface area (Å²) in [7, 11) is 0. The molecule has 0 saturated heterocycles. The number of pyridine rings is 1. The summed E-state index contributed by atoms with van der Waals surface area (Å²) < 4.78 is 0. The van der Waals surface area contributed by atoms with Gasteiger partial charge < -0.3 is 5.84 Å². The Morgan fingerprint density at radius 1 is 1.00 bits per heavy atom. The highest BCUT2D eigenvalue weighted by Crippen LogP contribution is 2.25. The molecule has 1 aromatic carbocycles.